The molecule has 0 heterocycles. The van der Waals surface area contributed by atoms with E-state index in [4.69, 9.17) is 10.4 Å². The van der Waals surface area contributed by atoms with Crippen molar-refractivity contribution in [2.45, 2.75) is 33.3 Å². The highest BCUT2D eigenvalue weighted by Crippen LogP contribution is 2.19. The molecule has 2 N–H and O–H groups in total. The van der Waals surface area contributed by atoms with Crippen LogP contribution >= 0.6 is 0 Å². The number of carbonyl (C=O) groups is 1. The van der Waals surface area contributed by atoms with Gasteiger partial charge in [-0.15, -0.1) is 0 Å². The zero-order valence-electron chi connectivity index (χ0n) is 7.65. The molecule has 0 aliphatic carbocycles. The molecule has 2 atom stereocenters. The number of rotatable bonds is 5. The SMILES string of the molecule is CCC(C(=O)O)C(OO)C(C)C. The summed E-state index contributed by atoms with van der Waals surface area (Å²) in [6, 6.07) is 0. The molecule has 0 aliphatic rings. The number of carboxylic acids is 1. The van der Waals surface area contributed by atoms with Crippen LogP contribution < -0.4 is 0 Å². The maximum atomic E-state index is 10.6. The first kappa shape index (κ1) is 11.4. The van der Waals surface area contributed by atoms with E-state index in [0.29, 0.717) is 6.42 Å². The Morgan fingerprint density at radius 2 is 2.00 bits per heavy atom. The minimum absolute atomic E-state index is 0.00366. The van der Waals surface area contributed by atoms with Crippen LogP contribution in [-0.2, 0) is 9.68 Å². The van der Waals surface area contributed by atoms with Crippen molar-refractivity contribution in [3.63, 3.8) is 0 Å². The highest BCUT2D eigenvalue weighted by molar-refractivity contribution is 5.70. The first-order chi connectivity index (χ1) is 5.54. The molecule has 0 aromatic rings. The van der Waals surface area contributed by atoms with Crippen molar-refractivity contribution in [1.82, 2.24) is 0 Å². The molecule has 0 aromatic heterocycles. The smallest absolute Gasteiger partial charge is 0.309 e. The third-order valence-corrected chi connectivity index (χ3v) is 1.93. The van der Waals surface area contributed by atoms with E-state index in [1.807, 2.05) is 13.8 Å². The van der Waals surface area contributed by atoms with Crippen LogP contribution in [0.5, 0.6) is 0 Å². The van der Waals surface area contributed by atoms with E-state index < -0.39 is 18.0 Å². The maximum Gasteiger partial charge on any atom is 0.309 e. The van der Waals surface area contributed by atoms with E-state index in [1.54, 1.807) is 6.92 Å². The van der Waals surface area contributed by atoms with Gasteiger partial charge < -0.3 is 5.11 Å². The molecule has 0 rings (SSSR count). The number of aliphatic carboxylic acids is 1. The largest absolute Gasteiger partial charge is 0.481 e. The molecule has 0 bridgehead atoms. The van der Waals surface area contributed by atoms with Crippen LogP contribution in [0.15, 0.2) is 0 Å². The molecule has 12 heavy (non-hydrogen) atoms. The fourth-order valence-electron chi connectivity index (χ4n) is 1.21. The second-order valence-electron chi connectivity index (χ2n) is 3.17. The lowest BCUT2D eigenvalue weighted by atomic mass is 9.91. The summed E-state index contributed by atoms with van der Waals surface area (Å²) in [4.78, 5) is 14.8. The minimum Gasteiger partial charge on any atom is -0.481 e. The molecule has 0 radical (unpaired) electrons. The van der Waals surface area contributed by atoms with Crippen LogP contribution in [0.25, 0.3) is 0 Å². The van der Waals surface area contributed by atoms with Gasteiger partial charge in [0, 0.05) is 0 Å². The Labute approximate surface area is 72.1 Å². The van der Waals surface area contributed by atoms with Gasteiger partial charge in [0.2, 0.25) is 0 Å². The molecule has 0 saturated carbocycles. The Morgan fingerprint density at radius 3 is 2.08 bits per heavy atom. The van der Waals surface area contributed by atoms with Crippen LogP contribution in [0.1, 0.15) is 27.2 Å². The summed E-state index contributed by atoms with van der Waals surface area (Å²) in [5.74, 6) is -1.56. The Balaban J connectivity index is 4.33. The Hall–Kier alpha value is -0.610. The monoisotopic (exact) mass is 176 g/mol. The molecule has 0 aromatic carbocycles. The van der Waals surface area contributed by atoms with Crippen molar-refractivity contribution in [2.24, 2.45) is 11.8 Å². The summed E-state index contributed by atoms with van der Waals surface area (Å²) in [5.41, 5.74) is 0. The van der Waals surface area contributed by atoms with Crippen LogP contribution in [0.3, 0.4) is 0 Å². The van der Waals surface area contributed by atoms with Gasteiger partial charge in [-0.25, -0.2) is 4.89 Å². The summed E-state index contributed by atoms with van der Waals surface area (Å²) in [7, 11) is 0. The fraction of sp³-hybridized carbons (Fsp3) is 0.875. The highest BCUT2D eigenvalue weighted by atomic mass is 17.1. The summed E-state index contributed by atoms with van der Waals surface area (Å²) < 4.78 is 0. The topological polar surface area (TPSA) is 66.8 Å². The van der Waals surface area contributed by atoms with Gasteiger partial charge >= 0.3 is 5.97 Å². The van der Waals surface area contributed by atoms with Gasteiger partial charge in [-0.2, -0.15) is 0 Å². The molecule has 4 nitrogen and oxygen atoms in total. The van der Waals surface area contributed by atoms with Gasteiger partial charge in [-0.05, 0) is 12.3 Å². The summed E-state index contributed by atoms with van der Waals surface area (Å²) in [6.07, 6.45) is -0.161. The lowest BCUT2D eigenvalue weighted by Crippen LogP contribution is -2.33. The molecule has 0 amide bonds. The van der Waals surface area contributed by atoms with Crippen molar-refractivity contribution in [3.8, 4) is 0 Å². The van der Waals surface area contributed by atoms with Crippen LogP contribution in [0.2, 0.25) is 0 Å². The fourth-order valence-corrected chi connectivity index (χ4v) is 1.21. The van der Waals surface area contributed by atoms with E-state index in [1.165, 1.54) is 0 Å². The zero-order valence-corrected chi connectivity index (χ0v) is 7.65. The van der Waals surface area contributed by atoms with E-state index >= 15 is 0 Å². The second kappa shape index (κ2) is 5.11. The molecule has 0 fully saturated rings. The lowest BCUT2D eigenvalue weighted by Gasteiger charge is -2.22. The van der Waals surface area contributed by atoms with Gasteiger partial charge in [0.05, 0.1) is 5.92 Å². The molecule has 72 valence electrons. The predicted molar refractivity (Wildman–Crippen MR) is 43.8 cm³/mol. The van der Waals surface area contributed by atoms with Crippen molar-refractivity contribution >= 4 is 5.97 Å². The van der Waals surface area contributed by atoms with Gasteiger partial charge in [0.15, 0.2) is 0 Å². The summed E-state index contributed by atoms with van der Waals surface area (Å²) in [6.45, 7) is 5.38. The number of carboxylic acid groups (broad SMARTS) is 1. The number of hydrogen-bond donors (Lipinski definition) is 2. The van der Waals surface area contributed by atoms with E-state index in [2.05, 4.69) is 4.89 Å². The summed E-state index contributed by atoms with van der Waals surface area (Å²) in [5, 5.41) is 17.2. The van der Waals surface area contributed by atoms with Crippen LogP contribution in [-0.4, -0.2) is 22.4 Å². The van der Waals surface area contributed by atoms with E-state index in [9.17, 15) is 4.79 Å². The Morgan fingerprint density at radius 1 is 1.50 bits per heavy atom. The molecule has 0 saturated heterocycles. The van der Waals surface area contributed by atoms with E-state index in [-0.39, 0.29) is 5.92 Å². The standard InChI is InChI=1S/C8H16O4/c1-4-6(8(9)10)7(12-11)5(2)3/h5-7,11H,4H2,1-3H3,(H,9,10). The van der Waals surface area contributed by atoms with Gasteiger partial charge in [0.1, 0.15) is 6.10 Å². The van der Waals surface area contributed by atoms with Crippen molar-refractivity contribution in [3.05, 3.63) is 0 Å². The molecule has 4 heteroatoms. The Bertz CT molecular complexity index is 144. The summed E-state index contributed by atoms with van der Waals surface area (Å²) >= 11 is 0. The zero-order chi connectivity index (χ0) is 9.72. The van der Waals surface area contributed by atoms with Crippen LogP contribution in [0, 0.1) is 11.8 Å². The average molecular weight is 176 g/mol. The van der Waals surface area contributed by atoms with Gasteiger partial charge in [-0.3, -0.25) is 10.1 Å². The van der Waals surface area contributed by atoms with Crippen molar-refractivity contribution in [1.29, 1.82) is 0 Å². The van der Waals surface area contributed by atoms with Crippen molar-refractivity contribution < 1.29 is 20.0 Å². The second-order valence-corrected chi connectivity index (χ2v) is 3.17. The van der Waals surface area contributed by atoms with E-state index in [0.717, 1.165) is 0 Å². The average Bonchev–Trinajstić information content (AvgIpc) is 1.98. The lowest BCUT2D eigenvalue weighted by molar-refractivity contribution is -0.299. The first-order valence-electron chi connectivity index (χ1n) is 4.07. The van der Waals surface area contributed by atoms with Crippen molar-refractivity contribution in [2.75, 3.05) is 0 Å². The Kier molecular flexibility index (Phi) is 4.85. The predicted octanol–water partition coefficient (Wildman–Crippen LogP) is 1.61. The first-order valence-corrected chi connectivity index (χ1v) is 4.07. The van der Waals surface area contributed by atoms with Gasteiger partial charge in [-0.1, -0.05) is 20.8 Å². The molecule has 2 unspecified atom stereocenters. The molecule has 0 aliphatic heterocycles. The molecule has 0 spiro atoms. The molecular formula is C8H16O4. The maximum absolute atomic E-state index is 10.6. The van der Waals surface area contributed by atoms with Gasteiger partial charge in [0.25, 0.3) is 0 Å². The quantitative estimate of drug-likeness (QED) is 0.493. The van der Waals surface area contributed by atoms with Crippen LogP contribution in [0.4, 0.5) is 0 Å². The molecular weight excluding hydrogens is 160 g/mol. The number of hydrogen-bond acceptors (Lipinski definition) is 3. The minimum atomic E-state index is -0.926. The highest BCUT2D eigenvalue weighted by Gasteiger charge is 2.30. The normalized spacial score (nSPS) is 16.1. The third-order valence-electron chi connectivity index (χ3n) is 1.93. The third kappa shape index (κ3) is 2.79.